The maximum Gasteiger partial charge on any atom is 0.408 e. The topological polar surface area (TPSA) is 83.9 Å². The predicted molar refractivity (Wildman–Crippen MR) is 175 cm³/mol. The summed E-state index contributed by atoms with van der Waals surface area (Å²) >= 11 is 1.42. The molecule has 4 aromatic rings. The monoisotopic (exact) mass is 617 g/mol. The lowest BCUT2D eigenvalue weighted by Crippen LogP contribution is -2.67. The van der Waals surface area contributed by atoms with Gasteiger partial charge in [0.1, 0.15) is 16.7 Å². The number of nitrogens with zero attached hydrogens (tertiary/aromatic N) is 2. The molecule has 0 unspecified atom stereocenters. The third kappa shape index (κ3) is 8.19. The van der Waals surface area contributed by atoms with E-state index in [4.69, 9.17) is 9.16 Å². The van der Waals surface area contributed by atoms with Crippen molar-refractivity contribution < 1.29 is 19.2 Å². The number of thiazole rings is 1. The first-order chi connectivity index (χ1) is 20.4. The van der Waals surface area contributed by atoms with Crippen LogP contribution in [0, 0.1) is 0 Å². The summed E-state index contributed by atoms with van der Waals surface area (Å²) in [6, 6.07) is 29.0. The van der Waals surface area contributed by atoms with Crippen LogP contribution < -0.4 is 15.7 Å². The van der Waals surface area contributed by atoms with Crippen LogP contribution in [0.2, 0.25) is 5.04 Å². The quantitative estimate of drug-likeness (QED) is 0.147. The molecule has 0 radical (unpaired) electrons. The Morgan fingerprint density at radius 3 is 1.91 bits per heavy atom. The number of hydrogen-bond acceptors (Lipinski definition) is 7. The molecule has 0 aliphatic rings. The predicted octanol–water partition coefficient (Wildman–Crippen LogP) is 6.55. The normalized spacial score (nSPS) is 13.9. The summed E-state index contributed by atoms with van der Waals surface area (Å²) in [5.41, 5.74) is 0.225. The van der Waals surface area contributed by atoms with Gasteiger partial charge in [0.15, 0.2) is 0 Å². The molecule has 2 atom stereocenters. The Hall–Kier alpha value is -3.34. The van der Waals surface area contributed by atoms with Gasteiger partial charge in [0.2, 0.25) is 0 Å². The van der Waals surface area contributed by atoms with Crippen molar-refractivity contribution >= 4 is 36.1 Å². The third-order valence-electron chi connectivity index (χ3n) is 7.19. The van der Waals surface area contributed by atoms with Gasteiger partial charge in [-0.15, -0.1) is 11.3 Å². The van der Waals surface area contributed by atoms with Crippen molar-refractivity contribution in [1.82, 2.24) is 15.4 Å². The van der Waals surface area contributed by atoms with E-state index < -0.39 is 32.1 Å². The fourth-order valence-electron chi connectivity index (χ4n) is 5.40. The Morgan fingerprint density at radius 1 is 0.907 bits per heavy atom. The van der Waals surface area contributed by atoms with Gasteiger partial charge < -0.3 is 19.7 Å². The molecule has 3 aromatic carbocycles. The smallest absolute Gasteiger partial charge is 0.408 e. The Kier molecular flexibility index (Phi) is 10.6. The molecule has 0 fully saturated rings. The lowest BCUT2D eigenvalue weighted by molar-refractivity contribution is -0.148. The van der Waals surface area contributed by atoms with Crippen LogP contribution in [-0.2, 0) is 15.7 Å². The number of carbonyl (C=O) groups is 1. The van der Waals surface area contributed by atoms with Crippen molar-refractivity contribution in [1.29, 1.82) is 0 Å². The zero-order valence-electron chi connectivity index (χ0n) is 25.9. The number of hydroxylamine groups is 2. The highest BCUT2D eigenvalue weighted by atomic mass is 32.1. The largest absolute Gasteiger partial charge is 0.444 e. The van der Waals surface area contributed by atoms with E-state index in [1.807, 2.05) is 92.9 Å². The standard InChI is InChI=1S/C34H43N3O4SSi/c1-33(2,3)41-32(38)36-29(30(31-35-22-23-42-31)37(39)24-26-16-10-7-11-17-26)25-40-43(34(4,5)6,27-18-12-8-13-19-27)28-20-14-9-15-21-28/h7-23,29-30,39H,24-25H2,1-6H3,(H,36,38)/t29-,30-/m0/s1. The zero-order valence-corrected chi connectivity index (χ0v) is 27.7. The van der Waals surface area contributed by atoms with E-state index in [-0.39, 0.29) is 18.2 Å². The molecular formula is C34H43N3O4SSi. The summed E-state index contributed by atoms with van der Waals surface area (Å²) in [5.74, 6) is 0. The van der Waals surface area contributed by atoms with Crippen molar-refractivity contribution in [3.63, 3.8) is 0 Å². The third-order valence-corrected chi connectivity index (χ3v) is 13.0. The van der Waals surface area contributed by atoms with Crippen LogP contribution in [0.1, 0.15) is 58.2 Å². The minimum Gasteiger partial charge on any atom is -0.444 e. The fraction of sp³-hybridized carbons (Fsp3) is 0.353. The van der Waals surface area contributed by atoms with Gasteiger partial charge in [0, 0.05) is 18.1 Å². The molecule has 43 heavy (non-hydrogen) atoms. The second-order valence-electron chi connectivity index (χ2n) is 12.6. The van der Waals surface area contributed by atoms with Crippen molar-refractivity contribution in [3.8, 4) is 0 Å². The van der Waals surface area contributed by atoms with Crippen molar-refractivity contribution in [3.05, 3.63) is 113 Å². The van der Waals surface area contributed by atoms with Crippen LogP contribution in [0.15, 0.2) is 103 Å². The molecule has 7 nitrogen and oxygen atoms in total. The molecule has 4 rings (SSSR count). The van der Waals surface area contributed by atoms with Crippen LogP contribution in [0.3, 0.4) is 0 Å². The number of amides is 1. The number of aromatic nitrogens is 1. The van der Waals surface area contributed by atoms with Gasteiger partial charge in [-0.1, -0.05) is 112 Å². The van der Waals surface area contributed by atoms with Gasteiger partial charge in [-0.3, -0.25) is 0 Å². The minimum atomic E-state index is -2.96. The van der Waals surface area contributed by atoms with E-state index in [9.17, 15) is 10.0 Å². The number of carbonyl (C=O) groups excluding carboxylic acids is 1. The van der Waals surface area contributed by atoms with Gasteiger partial charge in [0.05, 0.1) is 12.6 Å². The lowest BCUT2D eigenvalue weighted by Gasteiger charge is -2.44. The van der Waals surface area contributed by atoms with Gasteiger partial charge in [-0.25, -0.2) is 9.78 Å². The Labute approximate surface area is 260 Å². The van der Waals surface area contributed by atoms with Crippen LogP contribution in [-0.4, -0.2) is 47.9 Å². The molecule has 0 aliphatic heterocycles. The number of ether oxygens (including phenoxy) is 1. The number of nitrogens with one attached hydrogen (secondary N) is 1. The SMILES string of the molecule is CC(C)(C)OC(=O)N[C@@H](CO[Si](c1ccccc1)(c1ccccc1)C(C)(C)C)[C@@H](c1nccs1)N(O)Cc1ccccc1. The summed E-state index contributed by atoms with van der Waals surface area (Å²) in [6.07, 6.45) is 1.12. The highest BCUT2D eigenvalue weighted by Crippen LogP contribution is 2.38. The van der Waals surface area contributed by atoms with Crippen molar-refractivity contribution in [2.24, 2.45) is 0 Å². The number of benzene rings is 3. The average Bonchev–Trinajstić information content (AvgIpc) is 3.48. The summed E-state index contributed by atoms with van der Waals surface area (Å²) in [4.78, 5) is 17.9. The second kappa shape index (κ2) is 14.0. The Bertz CT molecular complexity index is 1370. The number of hydrogen-bond donors (Lipinski definition) is 2. The van der Waals surface area contributed by atoms with E-state index in [0.29, 0.717) is 5.01 Å². The highest BCUT2D eigenvalue weighted by molar-refractivity contribution is 7.09. The summed E-state index contributed by atoms with van der Waals surface area (Å²) < 4.78 is 12.9. The minimum absolute atomic E-state index is 0.114. The Morgan fingerprint density at radius 2 is 1.44 bits per heavy atom. The first kappa shape index (κ1) is 32.6. The highest BCUT2D eigenvalue weighted by Gasteiger charge is 2.51. The molecule has 1 aromatic heterocycles. The van der Waals surface area contributed by atoms with Crippen molar-refractivity contribution in [2.45, 2.75) is 70.8 Å². The molecule has 0 bridgehead atoms. The summed E-state index contributed by atoms with van der Waals surface area (Å²) in [7, 11) is -2.96. The molecule has 2 N–H and O–H groups in total. The van der Waals surface area contributed by atoms with E-state index in [1.54, 1.807) is 6.20 Å². The summed E-state index contributed by atoms with van der Waals surface area (Å²) in [5, 5.41) is 20.4. The van der Waals surface area contributed by atoms with Crippen LogP contribution in [0.4, 0.5) is 4.79 Å². The van der Waals surface area contributed by atoms with E-state index >= 15 is 0 Å². The first-order valence-electron chi connectivity index (χ1n) is 14.5. The average molecular weight is 618 g/mol. The second-order valence-corrected chi connectivity index (χ2v) is 17.9. The fourth-order valence-corrected chi connectivity index (χ4v) is 10.8. The molecule has 0 saturated heterocycles. The van der Waals surface area contributed by atoms with Crippen LogP contribution in [0.5, 0.6) is 0 Å². The molecule has 0 aliphatic carbocycles. The zero-order chi connectivity index (χ0) is 31.1. The maximum absolute atomic E-state index is 13.3. The van der Waals surface area contributed by atoms with Crippen LogP contribution >= 0.6 is 11.3 Å². The van der Waals surface area contributed by atoms with Crippen LogP contribution in [0.25, 0.3) is 0 Å². The van der Waals surface area contributed by atoms with Gasteiger partial charge in [-0.2, -0.15) is 5.06 Å². The molecule has 1 heterocycles. The molecule has 0 saturated carbocycles. The Balaban J connectivity index is 1.79. The van der Waals surface area contributed by atoms with Gasteiger partial charge >= 0.3 is 6.09 Å². The van der Waals surface area contributed by atoms with E-state index in [0.717, 1.165) is 15.9 Å². The van der Waals surface area contributed by atoms with E-state index in [2.05, 4.69) is 55.3 Å². The number of rotatable bonds is 11. The van der Waals surface area contributed by atoms with Gasteiger partial charge in [-0.05, 0) is 41.7 Å². The van der Waals surface area contributed by atoms with Gasteiger partial charge in [0.25, 0.3) is 8.32 Å². The van der Waals surface area contributed by atoms with E-state index in [1.165, 1.54) is 16.4 Å². The summed E-state index contributed by atoms with van der Waals surface area (Å²) in [6.45, 7) is 12.5. The lowest BCUT2D eigenvalue weighted by atomic mass is 10.1. The molecule has 228 valence electrons. The molecule has 0 spiro atoms. The maximum atomic E-state index is 13.3. The van der Waals surface area contributed by atoms with Crippen molar-refractivity contribution in [2.75, 3.05) is 6.61 Å². The molecule has 9 heteroatoms. The first-order valence-corrected chi connectivity index (χ1v) is 17.3. The molecular weight excluding hydrogens is 575 g/mol. The molecule has 1 amide bonds. The number of alkyl carbamates (subject to hydrolysis) is 1.